The number of aromatic nitrogens is 3. The van der Waals surface area contributed by atoms with Crippen molar-refractivity contribution in [2.75, 3.05) is 12.4 Å². The topological polar surface area (TPSA) is 129 Å². The van der Waals surface area contributed by atoms with E-state index in [-0.39, 0.29) is 18.0 Å². The van der Waals surface area contributed by atoms with E-state index in [1.54, 1.807) is 31.2 Å². The number of carbonyl (C=O) groups excluding carboxylic acids is 1. The van der Waals surface area contributed by atoms with E-state index in [9.17, 15) is 19.7 Å². The molecule has 27 heavy (non-hydrogen) atoms. The Hall–Kier alpha value is -3.82. The Morgan fingerprint density at radius 2 is 2.07 bits per heavy atom. The van der Waals surface area contributed by atoms with Crippen LogP contribution in [0, 0.1) is 17.0 Å². The molecule has 1 amide bonds. The smallest absolute Gasteiger partial charge is 0.311 e. The zero-order valence-electron chi connectivity index (χ0n) is 14.5. The molecule has 1 aromatic heterocycles. The molecule has 138 valence electrons. The number of benzene rings is 2. The molecule has 0 unspecified atom stereocenters. The molecule has 10 nitrogen and oxygen atoms in total. The zero-order valence-corrected chi connectivity index (χ0v) is 14.5. The van der Waals surface area contributed by atoms with E-state index in [2.05, 4.69) is 15.6 Å². The van der Waals surface area contributed by atoms with Gasteiger partial charge in [0.15, 0.2) is 5.75 Å². The first-order valence-electron chi connectivity index (χ1n) is 7.86. The number of nitrogens with zero attached hydrogens (tertiary/aromatic N) is 4. The first-order chi connectivity index (χ1) is 12.9. The molecule has 0 aliphatic rings. The lowest BCUT2D eigenvalue weighted by Gasteiger charge is -2.11. The molecule has 0 bridgehead atoms. The Morgan fingerprint density at radius 3 is 2.78 bits per heavy atom. The van der Waals surface area contributed by atoms with Gasteiger partial charge in [-0.25, -0.2) is 4.68 Å². The molecule has 0 fully saturated rings. The number of aryl methyl sites for hydroxylation is 1. The predicted octanol–water partition coefficient (Wildman–Crippen LogP) is 1.66. The fraction of sp³-hybridized carbons (Fsp3) is 0.176. The second-order valence-electron chi connectivity index (χ2n) is 5.71. The Bertz CT molecular complexity index is 1110. The molecule has 0 atom stereocenters. The highest BCUT2D eigenvalue weighted by molar-refractivity contribution is 5.92. The van der Waals surface area contributed by atoms with Crippen molar-refractivity contribution in [3.63, 3.8) is 0 Å². The summed E-state index contributed by atoms with van der Waals surface area (Å²) in [4.78, 5) is 35.2. The Morgan fingerprint density at radius 1 is 1.33 bits per heavy atom. The summed E-state index contributed by atoms with van der Waals surface area (Å²) in [5.74, 6) is -0.510. The summed E-state index contributed by atoms with van der Waals surface area (Å²) in [6.45, 7) is 1.26. The number of amides is 1. The van der Waals surface area contributed by atoms with Crippen LogP contribution in [-0.2, 0) is 11.3 Å². The molecule has 3 rings (SSSR count). The summed E-state index contributed by atoms with van der Waals surface area (Å²) in [6.07, 6.45) is 0. The summed E-state index contributed by atoms with van der Waals surface area (Å²) in [5.41, 5.74) is 0.616. The number of methoxy groups -OCH3 is 1. The highest BCUT2D eigenvalue weighted by atomic mass is 16.6. The van der Waals surface area contributed by atoms with E-state index in [1.807, 2.05) is 0 Å². The third-order valence-electron chi connectivity index (χ3n) is 3.92. The Kier molecular flexibility index (Phi) is 4.79. The molecule has 0 spiro atoms. The average molecular weight is 369 g/mol. The van der Waals surface area contributed by atoms with Gasteiger partial charge >= 0.3 is 5.69 Å². The lowest BCUT2D eigenvalue weighted by molar-refractivity contribution is -0.385. The fourth-order valence-electron chi connectivity index (χ4n) is 2.57. The Labute approximate surface area is 152 Å². The van der Waals surface area contributed by atoms with Crippen LogP contribution >= 0.6 is 0 Å². The standard InChI is InChI=1S/C17H15N5O5/c1-10-7-14(22(25)26)15(27-2)8-13(10)18-16(23)9-21-17(24)11-5-3-4-6-12(11)19-20-21/h3-8H,9H2,1-2H3,(H,18,23). The van der Waals surface area contributed by atoms with Crippen LogP contribution < -0.4 is 15.6 Å². The van der Waals surface area contributed by atoms with Crippen molar-refractivity contribution in [2.45, 2.75) is 13.5 Å². The van der Waals surface area contributed by atoms with Gasteiger partial charge < -0.3 is 10.1 Å². The maximum Gasteiger partial charge on any atom is 0.311 e. The van der Waals surface area contributed by atoms with Gasteiger partial charge in [0.2, 0.25) is 5.91 Å². The number of hydrogen-bond acceptors (Lipinski definition) is 7. The molecule has 10 heteroatoms. The van der Waals surface area contributed by atoms with Crippen LogP contribution in [-0.4, -0.2) is 32.9 Å². The number of ether oxygens (including phenoxy) is 1. The van der Waals surface area contributed by atoms with Crippen LogP contribution in [0.3, 0.4) is 0 Å². The van der Waals surface area contributed by atoms with Gasteiger partial charge in [-0.3, -0.25) is 19.7 Å². The SMILES string of the molecule is COc1cc(NC(=O)Cn2nnc3ccccc3c2=O)c(C)cc1[N+](=O)[O-]. The van der Waals surface area contributed by atoms with Crippen molar-refractivity contribution in [3.8, 4) is 5.75 Å². The third kappa shape index (κ3) is 3.59. The van der Waals surface area contributed by atoms with Gasteiger partial charge in [-0.15, -0.1) is 5.10 Å². The van der Waals surface area contributed by atoms with E-state index in [0.717, 1.165) is 4.68 Å². The van der Waals surface area contributed by atoms with Crippen LogP contribution in [0.15, 0.2) is 41.2 Å². The highest BCUT2D eigenvalue weighted by Crippen LogP contribution is 2.32. The quantitative estimate of drug-likeness (QED) is 0.535. The number of nitrogens with one attached hydrogen (secondary N) is 1. The second kappa shape index (κ2) is 7.20. The third-order valence-corrected chi connectivity index (χ3v) is 3.92. The van der Waals surface area contributed by atoms with Crippen LogP contribution in [0.5, 0.6) is 5.75 Å². The minimum atomic E-state index is -0.568. The van der Waals surface area contributed by atoms with E-state index in [1.165, 1.54) is 19.2 Å². The zero-order chi connectivity index (χ0) is 19.6. The molecular formula is C17H15N5O5. The van der Waals surface area contributed by atoms with Crippen LogP contribution in [0.25, 0.3) is 10.9 Å². The minimum absolute atomic E-state index is 0.0172. The van der Waals surface area contributed by atoms with E-state index in [4.69, 9.17) is 4.74 Å². The van der Waals surface area contributed by atoms with Crippen molar-refractivity contribution in [3.05, 3.63) is 62.4 Å². The van der Waals surface area contributed by atoms with E-state index in [0.29, 0.717) is 22.2 Å². The number of rotatable bonds is 5. The van der Waals surface area contributed by atoms with Crippen molar-refractivity contribution in [1.82, 2.24) is 15.0 Å². The lowest BCUT2D eigenvalue weighted by Crippen LogP contribution is -2.30. The lowest BCUT2D eigenvalue weighted by atomic mass is 10.1. The molecule has 0 aliphatic heterocycles. The van der Waals surface area contributed by atoms with E-state index < -0.39 is 16.4 Å². The fourth-order valence-corrected chi connectivity index (χ4v) is 2.57. The van der Waals surface area contributed by atoms with Crippen molar-refractivity contribution < 1.29 is 14.5 Å². The molecule has 0 saturated carbocycles. The highest BCUT2D eigenvalue weighted by Gasteiger charge is 2.19. The average Bonchev–Trinajstić information content (AvgIpc) is 2.65. The number of nitro benzene ring substituents is 1. The molecule has 3 aromatic rings. The first kappa shape index (κ1) is 18.0. The number of nitro groups is 1. The largest absolute Gasteiger partial charge is 0.490 e. The van der Waals surface area contributed by atoms with Gasteiger partial charge in [-0.2, -0.15) is 0 Å². The molecule has 0 aliphatic carbocycles. The number of fused-ring (bicyclic) bond motifs is 1. The van der Waals surface area contributed by atoms with Crippen molar-refractivity contribution in [2.24, 2.45) is 0 Å². The molecule has 0 saturated heterocycles. The van der Waals surface area contributed by atoms with Crippen LogP contribution in [0.2, 0.25) is 0 Å². The first-order valence-corrected chi connectivity index (χ1v) is 7.86. The number of anilines is 1. The normalized spacial score (nSPS) is 10.6. The molecule has 1 N–H and O–H groups in total. The summed E-state index contributed by atoms with van der Waals surface area (Å²) in [7, 11) is 1.30. The van der Waals surface area contributed by atoms with Crippen LogP contribution in [0.4, 0.5) is 11.4 Å². The Balaban J connectivity index is 1.85. The minimum Gasteiger partial charge on any atom is -0.490 e. The van der Waals surface area contributed by atoms with Crippen molar-refractivity contribution in [1.29, 1.82) is 0 Å². The van der Waals surface area contributed by atoms with Gasteiger partial charge in [0.1, 0.15) is 12.1 Å². The summed E-state index contributed by atoms with van der Waals surface area (Å²) < 4.78 is 5.95. The predicted molar refractivity (Wildman–Crippen MR) is 96.8 cm³/mol. The summed E-state index contributed by atoms with van der Waals surface area (Å²) >= 11 is 0. The molecule has 2 aromatic carbocycles. The number of carbonyl (C=O) groups is 1. The summed E-state index contributed by atoms with van der Waals surface area (Å²) in [5, 5.41) is 21.7. The van der Waals surface area contributed by atoms with Crippen LogP contribution in [0.1, 0.15) is 5.56 Å². The molecule has 0 radical (unpaired) electrons. The molecular weight excluding hydrogens is 354 g/mol. The summed E-state index contributed by atoms with van der Waals surface area (Å²) in [6, 6.07) is 9.35. The maximum atomic E-state index is 12.4. The molecule has 1 heterocycles. The van der Waals surface area contributed by atoms with Gasteiger partial charge in [0, 0.05) is 17.8 Å². The monoisotopic (exact) mass is 369 g/mol. The van der Waals surface area contributed by atoms with Gasteiger partial charge in [-0.05, 0) is 24.6 Å². The number of hydrogen-bond donors (Lipinski definition) is 1. The maximum absolute atomic E-state index is 12.4. The van der Waals surface area contributed by atoms with Crippen molar-refractivity contribution >= 4 is 28.2 Å². The van der Waals surface area contributed by atoms with Gasteiger partial charge in [0.25, 0.3) is 5.56 Å². The van der Waals surface area contributed by atoms with Gasteiger partial charge in [-0.1, -0.05) is 17.3 Å². The second-order valence-corrected chi connectivity index (χ2v) is 5.71. The van der Waals surface area contributed by atoms with Gasteiger partial charge in [0.05, 0.1) is 17.4 Å². The van der Waals surface area contributed by atoms with E-state index >= 15 is 0 Å².